The molecule has 1 aromatic carbocycles. The van der Waals surface area contributed by atoms with Gasteiger partial charge in [-0.3, -0.25) is 9.69 Å². The number of ether oxygens (including phenoxy) is 1. The second-order valence-electron chi connectivity index (χ2n) is 6.84. The Hall–Kier alpha value is -1.55. The third-order valence-electron chi connectivity index (χ3n) is 5.33. The largest absolute Gasteiger partial charge is 0.497 e. The van der Waals surface area contributed by atoms with E-state index in [2.05, 4.69) is 11.8 Å². The van der Waals surface area contributed by atoms with Crippen LogP contribution in [0, 0.1) is 5.92 Å². The second-order valence-corrected chi connectivity index (χ2v) is 6.84. The first-order valence-electron chi connectivity index (χ1n) is 8.82. The summed E-state index contributed by atoms with van der Waals surface area (Å²) in [4.78, 5) is 17.0. The molecule has 0 spiro atoms. The van der Waals surface area contributed by atoms with Crippen LogP contribution in [0.2, 0.25) is 0 Å². The fourth-order valence-electron chi connectivity index (χ4n) is 3.46. The van der Waals surface area contributed by atoms with Crippen molar-refractivity contribution < 1.29 is 9.53 Å². The minimum absolute atomic E-state index is 0.291. The fourth-order valence-corrected chi connectivity index (χ4v) is 3.46. The van der Waals surface area contributed by atoms with Crippen molar-refractivity contribution in [2.45, 2.75) is 38.6 Å². The molecule has 4 nitrogen and oxygen atoms in total. The predicted molar refractivity (Wildman–Crippen MR) is 91.7 cm³/mol. The van der Waals surface area contributed by atoms with Gasteiger partial charge in [-0.1, -0.05) is 12.1 Å². The summed E-state index contributed by atoms with van der Waals surface area (Å²) in [5.74, 6) is 2.06. The molecule has 0 aromatic heterocycles. The third kappa shape index (κ3) is 4.25. The Balaban J connectivity index is 1.42. The van der Waals surface area contributed by atoms with Gasteiger partial charge in [-0.2, -0.15) is 0 Å². The number of aryl methyl sites for hydroxylation is 1. The molecule has 4 heteroatoms. The number of hydrogen-bond donors (Lipinski definition) is 0. The zero-order chi connectivity index (χ0) is 16.2. The van der Waals surface area contributed by atoms with Crippen LogP contribution in [0.4, 0.5) is 0 Å². The lowest BCUT2D eigenvalue weighted by Gasteiger charge is -2.38. The second kappa shape index (κ2) is 7.35. The van der Waals surface area contributed by atoms with Crippen LogP contribution in [0.1, 0.15) is 31.7 Å². The van der Waals surface area contributed by atoms with E-state index in [4.69, 9.17) is 4.74 Å². The molecular formula is C19H28N2O2. The van der Waals surface area contributed by atoms with Crippen LogP contribution in [-0.4, -0.2) is 55.0 Å². The highest BCUT2D eigenvalue weighted by molar-refractivity contribution is 5.76. The smallest absolute Gasteiger partial charge is 0.222 e. The first kappa shape index (κ1) is 16.3. The van der Waals surface area contributed by atoms with Crippen molar-refractivity contribution in [2.24, 2.45) is 5.92 Å². The first-order chi connectivity index (χ1) is 11.2. The van der Waals surface area contributed by atoms with Crippen LogP contribution in [0.3, 0.4) is 0 Å². The Morgan fingerprint density at radius 1 is 1.17 bits per heavy atom. The maximum atomic E-state index is 12.4. The van der Waals surface area contributed by atoms with E-state index >= 15 is 0 Å². The van der Waals surface area contributed by atoms with Crippen molar-refractivity contribution in [1.29, 1.82) is 0 Å². The van der Waals surface area contributed by atoms with Crippen molar-refractivity contribution in [2.75, 3.05) is 33.3 Å². The molecule has 1 aliphatic heterocycles. The molecule has 2 aliphatic rings. The molecule has 1 heterocycles. The molecular weight excluding hydrogens is 288 g/mol. The van der Waals surface area contributed by atoms with Gasteiger partial charge in [0.1, 0.15) is 5.75 Å². The molecule has 1 saturated carbocycles. The maximum absolute atomic E-state index is 12.4. The van der Waals surface area contributed by atoms with Gasteiger partial charge in [-0.05, 0) is 49.8 Å². The van der Waals surface area contributed by atoms with Gasteiger partial charge >= 0.3 is 0 Å². The van der Waals surface area contributed by atoms with E-state index in [1.54, 1.807) is 7.11 Å². The SMILES string of the molecule is COc1ccc(CCC(=O)N2CCN(C(C)C3CC3)CC2)cc1. The summed E-state index contributed by atoms with van der Waals surface area (Å²) in [6.45, 7) is 6.19. The van der Waals surface area contributed by atoms with Crippen LogP contribution in [0.5, 0.6) is 5.75 Å². The number of nitrogens with zero attached hydrogens (tertiary/aromatic N) is 2. The number of carbonyl (C=O) groups is 1. The zero-order valence-electron chi connectivity index (χ0n) is 14.3. The highest BCUT2D eigenvalue weighted by atomic mass is 16.5. The fraction of sp³-hybridized carbons (Fsp3) is 0.632. The number of hydrogen-bond acceptors (Lipinski definition) is 3. The number of rotatable bonds is 6. The van der Waals surface area contributed by atoms with Gasteiger partial charge in [0, 0.05) is 38.6 Å². The predicted octanol–water partition coefficient (Wildman–Crippen LogP) is 2.57. The van der Waals surface area contributed by atoms with Gasteiger partial charge < -0.3 is 9.64 Å². The Labute approximate surface area is 139 Å². The molecule has 23 heavy (non-hydrogen) atoms. The van der Waals surface area contributed by atoms with E-state index in [0.717, 1.165) is 44.3 Å². The van der Waals surface area contributed by atoms with Crippen molar-refractivity contribution in [3.63, 3.8) is 0 Å². The van der Waals surface area contributed by atoms with Crippen LogP contribution in [-0.2, 0) is 11.2 Å². The monoisotopic (exact) mass is 316 g/mol. The number of methoxy groups -OCH3 is 1. The van der Waals surface area contributed by atoms with E-state index in [9.17, 15) is 4.79 Å². The van der Waals surface area contributed by atoms with Crippen molar-refractivity contribution in [3.05, 3.63) is 29.8 Å². The van der Waals surface area contributed by atoms with Gasteiger partial charge in [0.15, 0.2) is 0 Å². The summed E-state index contributed by atoms with van der Waals surface area (Å²) in [5.41, 5.74) is 1.19. The van der Waals surface area contributed by atoms with E-state index in [1.165, 1.54) is 18.4 Å². The molecule has 3 rings (SSSR count). The zero-order valence-corrected chi connectivity index (χ0v) is 14.3. The molecule has 1 unspecified atom stereocenters. The highest BCUT2D eigenvalue weighted by Gasteiger charge is 2.33. The Kier molecular flexibility index (Phi) is 5.21. The summed E-state index contributed by atoms with van der Waals surface area (Å²) in [7, 11) is 1.67. The highest BCUT2D eigenvalue weighted by Crippen LogP contribution is 2.35. The standard InChI is InChI=1S/C19H28N2O2/c1-15(17-6-7-17)20-11-13-21(14-12-20)19(22)10-5-16-3-8-18(23-2)9-4-16/h3-4,8-9,15,17H,5-7,10-14H2,1-2H3. The average molecular weight is 316 g/mol. The molecule has 1 amide bonds. The molecule has 1 aromatic rings. The quantitative estimate of drug-likeness (QED) is 0.809. The number of piperazine rings is 1. The maximum Gasteiger partial charge on any atom is 0.222 e. The molecule has 1 atom stereocenters. The van der Waals surface area contributed by atoms with Crippen LogP contribution >= 0.6 is 0 Å². The van der Waals surface area contributed by atoms with Gasteiger partial charge in [0.2, 0.25) is 5.91 Å². The molecule has 0 bridgehead atoms. The third-order valence-corrected chi connectivity index (χ3v) is 5.33. The van der Waals surface area contributed by atoms with E-state index < -0.39 is 0 Å². The normalized spacial score (nSPS) is 20.3. The minimum atomic E-state index is 0.291. The van der Waals surface area contributed by atoms with E-state index in [0.29, 0.717) is 18.4 Å². The van der Waals surface area contributed by atoms with Crippen molar-refractivity contribution >= 4 is 5.91 Å². The number of carbonyl (C=O) groups excluding carboxylic acids is 1. The Morgan fingerprint density at radius 3 is 2.39 bits per heavy atom. The lowest BCUT2D eigenvalue weighted by atomic mass is 10.1. The number of amides is 1. The molecule has 0 radical (unpaired) electrons. The molecule has 0 N–H and O–H groups in total. The average Bonchev–Trinajstić information content (AvgIpc) is 3.44. The lowest BCUT2D eigenvalue weighted by Crippen LogP contribution is -2.51. The summed E-state index contributed by atoms with van der Waals surface area (Å²) in [6, 6.07) is 8.70. The Morgan fingerprint density at radius 2 is 1.83 bits per heavy atom. The lowest BCUT2D eigenvalue weighted by molar-refractivity contribution is -0.133. The van der Waals surface area contributed by atoms with Crippen LogP contribution in [0.25, 0.3) is 0 Å². The summed E-state index contributed by atoms with van der Waals surface area (Å²) in [6.07, 6.45) is 4.19. The topological polar surface area (TPSA) is 32.8 Å². The van der Waals surface area contributed by atoms with E-state index in [1.807, 2.05) is 29.2 Å². The van der Waals surface area contributed by atoms with Crippen LogP contribution < -0.4 is 4.74 Å². The van der Waals surface area contributed by atoms with Gasteiger partial charge in [-0.15, -0.1) is 0 Å². The van der Waals surface area contributed by atoms with Gasteiger partial charge in [-0.25, -0.2) is 0 Å². The van der Waals surface area contributed by atoms with E-state index in [-0.39, 0.29) is 0 Å². The molecule has 1 aliphatic carbocycles. The summed E-state index contributed by atoms with van der Waals surface area (Å²) in [5, 5.41) is 0. The molecule has 126 valence electrons. The van der Waals surface area contributed by atoms with Crippen molar-refractivity contribution in [1.82, 2.24) is 9.80 Å². The molecule has 1 saturated heterocycles. The van der Waals surface area contributed by atoms with Crippen LogP contribution in [0.15, 0.2) is 24.3 Å². The molecule has 2 fully saturated rings. The minimum Gasteiger partial charge on any atom is -0.497 e. The summed E-state index contributed by atoms with van der Waals surface area (Å²) < 4.78 is 5.16. The summed E-state index contributed by atoms with van der Waals surface area (Å²) >= 11 is 0. The van der Waals surface area contributed by atoms with Gasteiger partial charge in [0.05, 0.1) is 7.11 Å². The first-order valence-corrected chi connectivity index (χ1v) is 8.82. The van der Waals surface area contributed by atoms with Crippen molar-refractivity contribution in [3.8, 4) is 5.75 Å². The van der Waals surface area contributed by atoms with Gasteiger partial charge in [0.25, 0.3) is 0 Å². The number of benzene rings is 1. The Bertz CT molecular complexity index is 517.